The zero-order valence-electron chi connectivity index (χ0n) is 16.7. The normalized spacial score (nSPS) is 12.0. The first kappa shape index (κ1) is 20.6. The Hall–Kier alpha value is -3.08. The van der Waals surface area contributed by atoms with E-state index in [-0.39, 0.29) is 5.69 Å². The molecule has 3 aromatic rings. The number of fused-ring (bicyclic) bond motifs is 1. The standard InChI is InChI=1S/C22H24FN3O3/c1-4-10-29-22(27)25-19-9-6-14(11-18(19)23)21-17(13-24)16-8-7-15(28-3)12-20(16)26(21)5-2/h6-9,11-12,22,25,27H,4-5,10H2,1-3H3. The van der Waals surface area contributed by atoms with E-state index in [4.69, 9.17) is 9.47 Å². The molecule has 0 aliphatic carbocycles. The molecule has 6 nitrogen and oxygen atoms in total. The molecule has 152 valence electrons. The van der Waals surface area contributed by atoms with Crippen LogP contribution in [0, 0.1) is 17.1 Å². The molecule has 0 radical (unpaired) electrons. The van der Waals surface area contributed by atoms with Gasteiger partial charge in [-0.1, -0.05) is 13.0 Å². The van der Waals surface area contributed by atoms with Crippen LogP contribution in [0.4, 0.5) is 10.1 Å². The molecule has 0 amide bonds. The molecule has 0 saturated carbocycles. The average molecular weight is 397 g/mol. The van der Waals surface area contributed by atoms with Crippen molar-refractivity contribution >= 4 is 16.6 Å². The second kappa shape index (κ2) is 8.95. The maximum Gasteiger partial charge on any atom is 0.235 e. The lowest BCUT2D eigenvalue weighted by Crippen LogP contribution is -2.23. The fraction of sp³-hybridized carbons (Fsp3) is 0.318. The molecule has 1 atom stereocenters. The van der Waals surface area contributed by atoms with E-state index in [1.807, 2.05) is 30.5 Å². The first-order valence-electron chi connectivity index (χ1n) is 9.50. The number of ether oxygens (including phenoxy) is 2. The lowest BCUT2D eigenvalue weighted by atomic mass is 10.1. The van der Waals surface area contributed by atoms with Gasteiger partial charge in [0.15, 0.2) is 0 Å². The molecule has 1 unspecified atom stereocenters. The van der Waals surface area contributed by atoms with Gasteiger partial charge in [0.25, 0.3) is 0 Å². The van der Waals surface area contributed by atoms with Gasteiger partial charge in [0, 0.05) is 23.6 Å². The number of aromatic nitrogens is 1. The van der Waals surface area contributed by atoms with E-state index < -0.39 is 12.2 Å². The second-order valence-corrected chi connectivity index (χ2v) is 6.52. The van der Waals surface area contributed by atoms with Crippen LogP contribution in [0.5, 0.6) is 5.75 Å². The molecule has 0 spiro atoms. The summed E-state index contributed by atoms with van der Waals surface area (Å²) in [6.45, 7) is 4.85. The molecule has 0 aliphatic heterocycles. The van der Waals surface area contributed by atoms with Gasteiger partial charge in [-0.25, -0.2) is 4.39 Å². The summed E-state index contributed by atoms with van der Waals surface area (Å²) in [5.41, 5.74) is 2.68. The van der Waals surface area contributed by atoms with E-state index in [2.05, 4.69) is 11.4 Å². The quantitative estimate of drug-likeness (QED) is 0.549. The smallest absolute Gasteiger partial charge is 0.235 e. The summed E-state index contributed by atoms with van der Waals surface area (Å²) in [4.78, 5) is 0. The highest BCUT2D eigenvalue weighted by Gasteiger charge is 2.20. The largest absolute Gasteiger partial charge is 0.497 e. The number of nitrogens with zero attached hydrogens (tertiary/aromatic N) is 2. The van der Waals surface area contributed by atoms with Gasteiger partial charge in [0.2, 0.25) is 6.41 Å². The third-order valence-electron chi connectivity index (χ3n) is 4.70. The topological polar surface area (TPSA) is 79.4 Å². The molecular weight excluding hydrogens is 373 g/mol. The van der Waals surface area contributed by atoms with Crippen LogP contribution in [0.3, 0.4) is 0 Å². The molecule has 2 N–H and O–H groups in total. The Labute approximate surface area is 169 Å². The van der Waals surface area contributed by atoms with Crippen LogP contribution in [0.1, 0.15) is 25.8 Å². The molecular formula is C22H24FN3O3. The number of anilines is 1. The average Bonchev–Trinajstić information content (AvgIpc) is 3.06. The Kier molecular flexibility index (Phi) is 6.37. The number of halogens is 1. The fourth-order valence-corrected chi connectivity index (χ4v) is 3.38. The fourth-order valence-electron chi connectivity index (χ4n) is 3.38. The third-order valence-corrected chi connectivity index (χ3v) is 4.70. The number of rotatable bonds is 8. The first-order chi connectivity index (χ1) is 14.0. The maximum absolute atomic E-state index is 14.7. The minimum Gasteiger partial charge on any atom is -0.497 e. The zero-order valence-corrected chi connectivity index (χ0v) is 16.7. The first-order valence-corrected chi connectivity index (χ1v) is 9.50. The van der Waals surface area contributed by atoms with E-state index in [0.717, 1.165) is 17.3 Å². The third kappa shape index (κ3) is 4.04. The SMILES string of the molecule is CCCOC(O)Nc1ccc(-c2c(C#N)c3ccc(OC)cc3n2CC)cc1F. The van der Waals surface area contributed by atoms with Crippen molar-refractivity contribution in [2.24, 2.45) is 0 Å². The highest BCUT2D eigenvalue weighted by Crippen LogP contribution is 2.36. The summed E-state index contributed by atoms with van der Waals surface area (Å²) in [7, 11) is 1.59. The summed E-state index contributed by atoms with van der Waals surface area (Å²) in [5.74, 6) is 0.142. The van der Waals surface area contributed by atoms with Crippen LogP contribution < -0.4 is 10.1 Å². The highest BCUT2D eigenvalue weighted by atomic mass is 19.1. The lowest BCUT2D eigenvalue weighted by molar-refractivity contribution is -0.0779. The molecule has 1 aromatic heterocycles. The number of hydrogen-bond acceptors (Lipinski definition) is 5. The Morgan fingerprint density at radius 2 is 2.03 bits per heavy atom. The molecule has 7 heteroatoms. The van der Waals surface area contributed by atoms with Gasteiger partial charge in [-0.3, -0.25) is 0 Å². The number of aliphatic hydroxyl groups is 1. The van der Waals surface area contributed by atoms with Crippen LogP contribution in [-0.2, 0) is 11.3 Å². The Balaban J connectivity index is 2.06. The van der Waals surface area contributed by atoms with Crippen molar-refractivity contribution in [3.05, 3.63) is 47.8 Å². The molecule has 2 aromatic carbocycles. The van der Waals surface area contributed by atoms with Gasteiger partial charge in [0.1, 0.15) is 17.6 Å². The van der Waals surface area contributed by atoms with E-state index in [1.165, 1.54) is 12.1 Å². The maximum atomic E-state index is 14.7. The summed E-state index contributed by atoms with van der Waals surface area (Å²) < 4.78 is 27.1. The van der Waals surface area contributed by atoms with E-state index in [9.17, 15) is 14.8 Å². The summed E-state index contributed by atoms with van der Waals surface area (Å²) >= 11 is 0. The lowest BCUT2D eigenvalue weighted by Gasteiger charge is -2.16. The predicted molar refractivity (Wildman–Crippen MR) is 110 cm³/mol. The minimum atomic E-state index is -1.29. The minimum absolute atomic E-state index is 0.122. The number of aliphatic hydroxyl groups excluding tert-OH is 1. The zero-order chi connectivity index (χ0) is 21.0. The number of methoxy groups -OCH3 is 1. The monoisotopic (exact) mass is 397 g/mol. The van der Waals surface area contributed by atoms with Gasteiger partial charge in [-0.15, -0.1) is 0 Å². The van der Waals surface area contributed by atoms with Gasteiger partial charge < -0.3 is 24.5 Å². The van der Waals surface area contributed by atoms with Gasteiger partial charge >= 0.3 is 0 Å². The van der Waals surface area contributed by atoms with Crippen molar-refractivity contribution in [1.29, 1.82) is 5.26 Å². The van der Waals surface area contributed by atoms with Gasteiger partial charge in [-0.2, -0.15) is 5.26 Å². The summed E-state index contributed by atoms with van der Waals surface area (Å²) in [6, 6.07) is 12.4. The Morgan fingerprint density at radius 1 is 1.24 bits per heavy atom. The molecule has 0 aliphatic rings. The van der Waals surface area contributed by atoms with Crippen molar-refractivity contribution in [2.45, 2.75) is 33.2 Å². The number of benzene rings is 2. The van der Waals surface area contributed by atoms with E-state index >= 15 is 0 Å². The number of nitriles is 1. The van der Waals surface area contributed by atoms with Crippen molar-refractivity contribution in [2.75, 3.05) is 19.0 Å². The summed E-state index contributed by atoms with van der Waals surface area (Å²) in [6.07, 6.45) is -0.553. The van der Waals surface area contributed by atoms with E-state index in [1.54, 1.807) is 19.2 Å². The number of hydrogen-bond donors (Lipinski definition) is 2. The molecule has 1 heterocycles. The van der Waals surface area contributed by atoms with Crippen LogP contribution in [0.25, 0.3) is 22.2 Å². The number of nitrogens with one attached hydrogen (secondary N) is 1. The van der Waals surface area contributed by atoms with Crippen LogP contribution in [-0.4, -0.2) is 29.8 Å². The molecule has 3 rings (SSSR count). The molecule has 0 fully saturated rings. The van der Waals surface area contributed by atoms with Crippen molar-refractivity contribution in [3.63, 3.8) is 0 Å². The second-order valence-electron chi connectivity index (χ2n) is 6.52. The Morgan fingerprint density at radius 3 is 2.66 bits per heavy atom. The predicted octanol–water partition coefficient (Wildman–Crippen LogP) is 4.46. The van der Waals surface area contributed by atoms with Crippen molar-refractivity contribution < 1.29 is 19.0 Å². The van der Waals surface area contributed by atoms with Gasteiger partial charge in [0.05, 0.1) is 36.2 Å². The number of aryl methyl sites for hydroxylation is 1. The van der Waals surface area contributed by atoms with Crippen molar-refractivity contribution in [1.82, 2.24) is 4.57 Å². The molecule has 0 saturated heterocycles. The van der Waals surface area contributed by atoms with Crippen molar-refractivity contribution in [3.8, 4) is 23.1 Å². The molecule has 29 heavy (non-hydrogen) atoms. The van der Waals surface area contributed by atoms with Crippen LogP contribution >= 0.6 is 0 Å². The summed E-state index contributed by atoms with van der Waals surface area (Å²) in [5, 5.41) is 23.0. The van der Waals surface area contributed by atoms with Crippen LogP contribution in [0.2, 0.25) is 0 Å². The molecule has 0 bridgehead atoms. The van der Waals surface area contributed by atoms with Crippen LogP contribution in [0.15, 0.2) is 36.4 Å². The highest BCUT2D eigenvalue weighted by molar-refractivity contribution is 5.95. The van der Waals surface area contributed by atoms with E-state index in [0.29, 0.717) is 35.7 Å². The van der Waals surface area contributed by atoms with Gasteiger partial charge in [-0.05, 0) is 37.6 Å². The Bertz CT molecular complexity index is 1060.